The number of hydrogen-bond donors (Lipinski definition) is 1. The fraction of sp³-hybridized carbons (Fsp3) is 0.941. The number of aliphatic hydroxyl groups excluding tert-OH is 1. The van der Waals surface area contributed by atoms with Crippen LogP contribution in [0.4, 0.5) is 0 Å². The van der Waals surface area contributed by atoms with Gasteiger partial charge in [0.1, 0.15) is 5.60 Å². The molecule has 0 aromatic heterocycles. The summed E-state index contributed by atoms with van der Waals surface area (Å²) in [5.41, 5.74) is -0.459. The van der Waals surface area contributed by atoms with Crippen LogP contribution in [0, 0.1) is 5.92 Å². The third-order valence-electron chi connectivity index (χ3n) is 4.13. The molecule has 0 amide bonds. The van der Waals surface area contributed by atoms with Gasteiger partial charge in [-0.3, -0.25) is 4.79 Å². The molecule has 132 valence electrons. The Labute approximate surface area is 137 Å². The smallest absolute Gasteiger partial charge is 0.306 e. The molecule has 1 atom stereocenters. The van der Waals surface area contributed by atoms with Crippen LogP contribution in [0.15, 0.2) is 0 Å². The molecular weight excluding hydrogens is 296 g/mol. The van der Waals surface area contributed by atoms with Crippen molar-refractivity contribution in [3.8, 4) is 0 Å². The normalized spacial score (nSPS) is 14.8. The van der Waals surface area contributed by atoms with Crippen LogP contribution >= 0.6 is 0 Å². The number of rotatable bonds is 8. The molecule has 0 aromatic carbocycles. The predicted octanol–water partition coefficient (Wildman–Crippen LogP) is 4.13. The standard InChI is InChI=1S/C17H36O4Si/c1-16(2,3)21-15(19)12-14(10-9-11-18)13-20-22(7,8)17(4,5)6/h14,18H,9-13H2,1-8H3/t14-/m1/s1. The summed E-state index contributed by atoms with van der Waals surface area (Å²) in [5, 5.41) is 9.20. The van der Waals surface area contributed by atoms with Crippen LogP contribution in [0.3, 0.4) is 0 Å². The van der Waals surface area contributed by atoms with Gasteiger partial charge in [-0.25, -0.2) is 0 Å². The highest BCUT2D eigenvalue weighted by molar-refractivity contribution is 6.74. The van der Waals surface area contributed by atoms with Gasteiger partial charge < -0.3 is 14.3 Å². The average molecular weight is 333 g/mol. The first-order valence-electron chi connectivity index (χ1n) is 8.25. The molecule has 0 unspecified atom stereocenters. The number of hydrogen-bond acceptors (Lipinski definition) is 4. The Bertz CT molecular complexity index is 340. The summed E-state index contributed by atoms with van der Waals surface area (Å²) in [7, 11) is -1.82. The van der Waals surface area contributed by atoms with Crippen molar-refractivity contribution in [2.24, 2.45) is 5.92 Å². The fourth-order valence-electron chi connectivity index (χ4n) is 1.79. The number of ether oxygens (including phenoxy) is 1. The van der Waals surface area contributed by atoms with Gasteiger partial charge in [-0.15, -0.1) is 0 Å². The molecule has 0 aromatic rings. The number of carbonyl (C=O) groups is 1. The lowest BCUT2D eigenvalue weighted by Gasteiger charge is -2.37. The maximum Gasteiger partial charge on any atom is 0.306 e. The first-order valence-corrected chi connectivity index (χ1v) is 11.2. The van der Waals surface area contributed by atoms with E-state index in [9.17, 15) is 4.79 Å². The van der Waals surface area contributed by atoms with Crippen LogP contribution in [-0.4, -0.2) is 38.2 Å². The van der Waals surface area contributed by atoms with Crippen LogP contribution in [-0.2, 0) is 14.0 Å². The van der Waals surface area contributed by atoms with E-state index in [1.165, 1.54) is 0 Å². The summed E-state index contributed by atoms with van der Waals surface area (Å²) in [5.74, 6) is -0.0783. The van der Waals surface area contributed by atoms with Crippen molar-refractivity contribution >= 4 is 14.3 Å². The lowest BCUT2D eigenvalue weighted by atomic mass is 10.0. The van der Waals surface area contributed by atoms with Gasteiger partial charge in [0.2, 0.25) is 0 Å². The Morgan fingerprint density at radius 3 is 2.09 bits per heavy atom. The summed E-state index contributed by atoms with van der Waals surface area (Å²) >= 11 is 0. The van der Waals surface area contributed by atoms with Gasteiger partial charge in [0.15, 0.2) is 8.32 Å². The molecule has 0 fully saturated rings. The molecule has 1 N–H and O–H groups in total. The maximum absolute atomic E-state index is 12.0. The second-order valence-corrected chi connectivity index (χ2v) is 13.4. The highest BCUT2D eigenvalue weighted by atomic mass is 28.4. The van der Waals surface area contributed by atoms with E-state index in [1.54, 1.807) is 0 Å². The Balaban J connectivity index is 4.62. The van der Waals surface area contributed by atoms with Crippen LogP contribution in [0.1, 0.15) is 60.8 Å². The SMILES string of the molecule is CC(C)(C)OC(=O)C[C@@H](CCCO)CO[Si](C)(C)C(C)(C)C. The monoisotopic (exact) mass is 332 g/mol. The maximum atomic E-state index is 12.0. The molecule has 5 heteroatoms. The first-order chi connectivity index (χ1) is 9.78. The van der Waals surface area contributed by atoms with E-state index in [0.29, 0.717) is 19.4 Å². The van der Waals surface area contributed by atoms with Crippen molar-refractivity contribution in [2.75, 3.05) is 13.2 Å². The van der Waals surface area contributed by atoms with E-state index in [4.69, 9.17) is 14.3 Å². The van der Waals surface area contributed by atoms with Crippen LogP contribution in [0.2, 0.25) is 18.1 Å². The molecule has 0 aliphatic carbocycles. The van der Waals surface area contributed by atoms with Gasteiger partial charge in [-0.2, -0.15) is 0 Å². The third-order valence-corrected chi connectivity index (χ3v) is 8.63. The Kier molecular flexibility index (Phi) is 8.31. The Hall–Kier alpha value is -0.393. The minimum absolute atomic E-state index is 0.108. The van der Waals surface area contributed by atoms with Crippen molar-refractivity contribution in [1.29, 1.82) is 0 Å². The zero-order chi connectivity index (χ0) is 17.6. The van der Waals surface area contributed by atoms with Gasteiger partial charge in [0.05, 0.1) is 6.42 Å². The molecule has 4 nitrogen and oxygen atoms in total. The van der Waals surface area contributed by atoms with Crippen LogP contribution < -0.4 is 0 Å². The van der Waals surface area contributed by atoms with Gasteiger partial charge in [-0.05, 0) is 57.7 Å². The highest BCUT2D eigenvalue weighted by Gasteiger charge is 2.37. The molecule has 0 heterocycles. The van der Waals surface area contributed by atoms with Crippen molar-refractivity contribution < 1.29 is 19.1 Å². The van der Waals surface area contributed by atoms with Crippen LogP contribution in [0.5, 0.6) is 0 Å². The van der Waals surface area contributed by atoms with Gasteiger partial charge >= 0.3 is 5.97 Å². The van der Waals surface area contributed by atoms with Crippen molar-refractivity contribution in [1.82, 2.24) is 0 Å². The van der Waals surface area contributed by atoms with Crippen molar-refractivity contribution in [2.45, 2.75) is 84.5 Å². The van der Waals surface area contributed by atoms with E-state index >= 15 is 0 Å². The summed E-state index contributed by atoms with van der Waals surface area (Å²) in [6, 6.07) is 0. The molecule has 0 saturated heterocycles. The second-order valence-electron chi connectivity index (χ2n) is 8.59. The molecule has 0 aliphatic heterocycles. The summed E-state index contributed by atoms with van der Waals surface area (Å²) in [4.78, 5) is 12.0. The van der Waals surface area contributed by atoms with E-state index < -0.39 is 13.9 Å². The van der Waals surface area contributed by atoms with Gasteiger partial charge in [0, 0.05) is 13.2 Å². The molecule has 0 aliphatic rings. The van der Waals surface area contributed by atoms with Crippen LogP contribution in [0.25, 0.3) is 0 Å². The Morgan fingerprint density at radius 1 is 1.14 bits per heavy atom. The van der Waals surface area contributed by atoms with E-state index in [2.05, 4.69) is 33.9 Å². The van der Waals surface area contributed by atoms with E-state index in [1.807, 2.05) is 20.8 Å². The lowest BCUT2D eigenvalue weighted by Crippen LogP contribution is -2.42. The zero-order valence-electron chi connectivity index (χ0n) is 15.8. The number of carbonyl (C=O) groups excluding carboxylic acids is 1. The summed E-state index contributed by atoms with van der Waals surface area (Å²) < 4.78 is 11.6. The summed E-state index contributed by atoms with van der Waals surface area (Å²) in [6.45, 7) is 17.4. The van der Waals surface area contributed by atoms with Crippen molar-refractivity contribution in [3.05, 3.63) is 0 Å². The molecular formula is C17H36O4Si. The minimum atomic E-state index is -1.82. The van der Waals surface area contributed by atoms with Gasteiger partial charge in [-0.1, -0.05) is 20.8 Å². The highest BCUT2D eigenvalue weighted by Crippen LogP contribution is 2.37. The van der Waals surface area contributed by atoms with E-state index in [0.717, 1.165) is 6.42 Å². The first kappa shape index (κ1) is 21.6. The van der Waals surface area contributed by atoms with E-state index in [-0.39, 0.29) is 23.5 Å². The third kappa shape index (κ3) is 8.91. The number of aliphatic hydroxyl groups is 1. The molecule has 0 rings (SSSR count). The molecule has 0 saturated carbocycles. The lowest BCUT2D eigenvalue weighted by molar-refractivity contribution is -0.156. The summed E-state index contributed by atoms with van der Waals surface area (Å²) in [6.07, 6.45) is 1.82. The molecule has 0 spiro atoms. The fourth-order valence-corrected chi connectivity index (χ4v) is 2.87. The molecule has 22 heavy (non-hydrogen) atoms. The quantitative estimate of drug-likeness (QED) is 0.536. The average Bonchev–Trinajstić information content (AvgIpc) is 2.28. The molecule has 0 bridgehead atoms. The second kappa shape index (κ2) is 8.46. The number of esters is 1. The Morgan fingerprint density at radius 2 is 1.68 bits per heavy atom. The largest absolute Gasteiger partial charge is 0.460 e. The van der Waals surface area contributed by atoms with Crippen molar-refractivity contribution in [3.63, 3.8) is 0 Å². The predicted molar refractivity (Wildman–Crippen MR) is 93.4 cm³/mol. The zero-order valence-corrected chi connectivity index (χ0v) is 16.8. The minimum Gasteiger partial charge on any atom is -0.460 e. The van der Waals surface area contributed by atoms with Gasteiger partial charge in [0.25, 0.3) is 0 Å². The molecule has 0 radical (unpaired) electrons. The topological polar surface area (TPSA) is 55.8 Å².